The van der Waals surface area contributed by atoms with Crippen LogP contribution in [0.3, 0.4) is 0 Å². The fourth-order valence-corrected chi connectivity index (χ4v) is 2.47. The van der Waals surface area contributed by atoms with Crippen LogP contribution in [-0.4, -0.2) is 5.78 Å². The summed E-state index contributed by atoms with van der Waals surface area (Å²) in [5, 5.41) is 0. The Bertz CT molecular complexity index is 274. The fourth-order valence-electron chi connectivity index (χ4n) is 2.06. The van der Waals surface area contributed by atoms with Gasteiger partial charge in [0.05, 0.1) is 0 Å². The second-order valence-corrected chi connectivity index (χ2v) is 5.04. The topological polar surface area (TPSA) is 17.1 Å². The maximum atomic E-state index is 11.3. The summed E-state index contributed by atoms with van der Waals surface area (Å²) in [5.41, 5.74) is 1.27. The maximum absolute atomic E-state index is 11.3. The molecule has 1 aliphatic carbocycles. The Balaban J connectivity index is 3.02. The molecule has 1 rings (SSSR count). The lowest BCUT2D eigenvalue weighted by atomic mass is 9.68. The molecule has 0 spiro atoms. The lowest BCUT2D eigenvalue weighted by Gasteiger charge is -2.35. The first-order valence-electron chi connectivity index (χ1n) is 4.45. The Labute approximate surface area is 93.4 Å². The molecule has 0 aromatic rings. The van der Waals surface area contributed by atoms with Gasteiger partial charge in [-0.3, -0.25) is 4.79 Å². The third-order valence-corrected chi connectivity index (χ3v) is 3.03. The second-order valence-electron chi connectivity index (χ2n) is 4.32. The maximum Gasteiger partial charge on any atom is 0.156 e. The van der Waals surface area contributed by atoms with Crippen LogP contribution in [-0.2, 0) is 4.79 Å². The van der Waals surface area contributed by atoms with Crippen molar-refractivity contribution in [1.82, 2.24) is 0 Å². The normalized spacial score (nSPS) is 27.8. The van der Waals surface area contributed by atoms with Crippen molar-refractivity contribution in [2.24, 2.45) is 11.3 Å². The number of allylic oxidation sites excluding steroid dienone is 3. The average molecular weight is 290 g/mol. The predicted molar refractivity (Wildman–Crippen MR) is 63.8 cm³/mol. The van der Waals surface area contributed by atoms with Gasteiger partial charge in [-0.1, -0.05) is 48.1 Å². The molecule has 1 atom stereocenters. The van der Waals surface area contributed by atoms with E-state index in [2.05, 4.69) is 42.5 Å². The summed E-state index contributed by atoms with van der Waals surface area (Å²) in [4.78, 5) is 11.3. The molecule has 72 valence electrons. The lowest BCUT2D eigenvalue weighted by molar-refractivity contribution is -0.117. The molecular formula is C11H15IO. The van der Waals surface area contributed by atoms with Crippen molar-refractivity contribution in [2.45, 2.75) is 27.2 Å². The van der Waals surface area contributed by atoms with E-state index in [1.165, 1.54) is 5.57 Å². The van der Waals surface area contributed by atoms with Gasteiger partial charge in [0.1, 0.15) is 0 Å². The van der Waals surface area contributed by atoms with Crippen molar-refractivity contribution >= 4 is 28.4 Å². The highest BCUT2D eigenvalue weighted by atomic mass is 127. The number of rotatable bonds is 1. The van der Waals surface area contributed by atoms with E-state index in [9.17, 15) is 4.79 Å². The molecule has 0 radical (unpaired) electrons. The number of halogens is 1. The lowest BCUT2D eigenvalue weighted by Crippen LogP contribution is -2.30. The van der Waals surface area contributed by atoms with Gasteiger partial charge in [-0.2, -0.15) is 0 Å². The van der Waals surface area contributed by atoms with Crippen molar-refractivity contribution in [3.8, 4) is 0 Å². The van der Waals surface area contributed by atoms with Crippen molar-refractivity contribution in [3.63, 3.8) is 0 Å². The molecule has 13 heavy (non-hydrogen) atoms. The van der Waals surface area contributed by atoms with Crippen LogP contribution in [0.25, 0.3) is 0 Å². The van der Waals surface area contributed by atoms with Gasteiger partial charge in [0.2, 0.25) is 0 Å². The SMILES string of the molecule is CC1=CC(=O)CC(C)(C)C1/C=C/I. The first-order valence-corrected chi connectivity index (χ1v) is 5.70. The molecule has 2 heteroatoms. The Kier molecular flexibility index (Phi) is 3.33. The molecule has 0 aromatic carbocycles. The molecule has 1 unspecified atom stereocenters. The number of hydrogen-bond acceptors (Lipinski definition) is 1. The van der Waals surface area contributed by atoms with Crippen molar-refractivity contribution in [1.29, 1.82) is 0 Å². The molecule has 0 heterocycles. The minimum atomic E-state index is 0.0809. The van der Waals surface area contributed by atoms with E-state index in [0.29, 0.717) is 12.3 Å². The Morgan fingerprint density at radius 3 is 2.69 bits per heavy atom. The molecule has 0 N–H and O–H groups in total. The van der Waals surface area contributed by atoms with Crippen LogP contribution in [0.15, 0.2) is 21.8 Å². The fraction of sp³-hybridized carbons (Fsp3) is 0.545. The van der Waals surface area contributed by atoms with Crippen molar-refractivity contribution in [2.75, 3.05) is 0 Å². The standard InChI is InChI=1S/C11H15IO/c1-8-6-9(13)7-11(2,3)10(8)4-5-12/h4-6,10H,7H2,1-3H3/b5-4+. The number of carbonyl (C=O) groups excluding carboxylic acids is 1. The van der Waals surface area contributed by atoms with Gasteiger partial charge in [0.25, 0.3) is 0 Å². The second kappa shape index (κ2) is 3.95. The van der Waals surface area contributed by atoms with Gasteiger partial charge < -0.3 is 0 Å². The number of hydrogen-bond donors (Lipinski definition) is 0. The first-order chi connectivity index (χ1) is 5.97. The van der Waals surface area contributed by atoms with E-state index < -0.39 is 0 Å². The first kappa shape index (κ1) is 11.0. The molecule has 0 saturated carbocycles. The molecule has 0 bridgehead atoms. The van der Waals surface area contributed by atoms with E-state index in [1.807, 2.05) is 11.0 Å². The zero-order valence-electron chi connectivity index (χ0n) is 8.30. The third-order valence-electron chi connectivity index (χ3n) is 2.62. The summed E-state index contributed by atoms with van der Waals surface area (Å²) in [6, 6.07) is 0. The zero-order valence-corrected chi connectivity index (χ0v) is 10.5. The minimum absolute atomic E-state index is 0.0809. The van der Waals surface area contributed by atoms with E-state index in [4.69, 9.17) is 0 Å². The van der Waals surface area contributed by atoms with E-state index >= 15 is 0 Å². The van der Waals surface area contributed by atoms with Crippen LogP contribution in [0.1, 0.15) is 27.2 Å². The molecular weight excluding hydrogens is 275 g/mol. The van der Waals surface area contributed by atoms with Gasteiger partial charge >= 0.3 is 0 Å². The van der Waals surface area contributed by atoms with E-state index in [1.54, 1.807) is 6.08 Å². The molecule has 1 nitrogen and oxygen atoms in total. The number of carbonyl (C=O) groups is 1. The summed E-state index contributed by atoms with van der Waals surface area (Å²) in [6.07, 6.45) is 4.63. The molecule has 0 fully saturated rings. The van der Waals surface area contributed by atoms with Gasteiger partial charge in [-0.15, -0.1) is 0 Å². The van der Waals surface area contributed by atoms with Crippen LogP contribution in [0, 0.1) is 11.3 Å². The predicted octanol–water partition coefficient (Wildman–Crippen LogP) is 3.50. The quantitative estimate of drug-likeness (QED) is 0.676. The van der Waals surface area contributed by atoms with Crippen molar-refractivity contribution < 1.29 is 4.79 Å². The highest BCUT2D eigenvalue weighted by Gasteiger charge is 2.34. The Hall–Kier alpha value is -0.120. The highest BCUT2D eigenvalue weighted by Crippen LogP contribution is 2.40. The van der Waals surface area contributed by atoms with Crippen LogP contribution < -0.4 is 0 Å². The summed E-state index contributed by atoms with van der Waals surface area (Å²) >= 11 is 2.23. The van der Waals surface area contributed by atoms with Crippen LogP contribution in [0.4, 0.5) is 0 Å². The van der Waals surface area contributed by atoms with Gasteiger partial charge in [-0.05, 0) is 22.5 Å². The van der Waals surface area contributed by atoms with Crippen LogP contribution >= 0.6 is 22.6 Å². The third kappa shape index (κ3) is 2.42. The highest BCUT2D eigenvalue weighted by molar-refractivity contribution is 14.1. The molecule has 0 aliphatic heterocycles. The average Bonchev–Trinajstić information content (AvgIpc) is 1.95. The summed E-state index contributed by atoms with van der Waals surface area (Å²) in [5.74, 6) is 0.683. The molecule has 0 saturated heterocycles. The smallest absolute Gasteiger partial charge is 0.156 e. The van der Waals surface area contributed by atoms with Crippen LogP contribution in [0.2, 0.25) is 0 Å². The molecule has 1 aliphatic rings. The van der Waals surface area contributed by atoms with E-state index in [0.717, 1.165) is 0 Å². The zero-order chi connectivity index (χ0) is 10.1. The van der Waals surface area contributed by atoms with Crippen LogP contribution in [0.5, 0.6) is 0 Å². The van der Waals surface area contributed by atoms with Gasteiger partial charge in [0.15, 0.2) is 5.78 Å². The van der Waals surface area contributed by atoms with Crippen molar-refractivity contribution in [3.05, 3.63) is 21.8 Å². The largest absolute Gasteiger partial charge is 0.295 e. The molecule has 0 amide bonds. The number of ketones is 1. The van der Waals surface area contributed by atoms with Gasteiger partial charge in [-0.25, -0.2) is 0 Å². The summed E-state index contributed by atoms with van der Waals surface area (Å²) in [7, 11) is 0. The summed E-state index contributed by atoms with van der Waals surface area (Å²) < 4.78 is 2.04. The summed E-state index contributed by atoms with van der Waals surface area (Å²) in [6.45, 7) is 6.35. The molecule has 0 aromatic heterocycles. The minimum Gasteiger partial charge on any atom is -0.295 e. The van der Waals surface area contributed by atoms with E-state index in [-0.39, 0.29) is 11.2 Å². The Morgan fingerprint density at radius 2 is 2.23 bits per heavy atom. The van der Waals surface area contributed by atoms with Gasteiger partial charge in [0, 0.05) is 12.3 Å². The monoisotopic (exact) mass is 290 g/mol. The Morgan fingerprint density at radius 1 is 1.62 bits per heavy atom.